The molecule has 8 nitrogen and oxygen atoms in total. The van der Waals surface area contributed by atoms with Crippen LogP contribution in [0.4, 0.5) is 0 Å². The molecule has 2 rings (SSSR count). The molecular weight excluding hydrogens is 290 g/mol. The Morgan fingerprint density at radius 1 is 1.05 bits per heavy atom. The van der Waals surface area contributed by atoms with Gasteiger partial charge >= 0.3 is 5.97 Å². The van der Waals surface area contributed by atoms with Gasteiger partial charge in [0, 0.05) is 12.1 Å². The minimum absolute atomic E-state index is 0.0894. The number of hydrogen-bond acceptors (Lipinski definition) is 6. The van der Waals surface area contributed by atoms with Crippen LogP contribution < -0.4 is 5.73 Å². The van der Waals surface area contributed by atoms with Gasteiger partial charge in [-0.05, 0) is 12.8 Å². The Kier molecular flexibility index (Phi) is 6.81. The summed E-state index contributed by atoms with van der Waals surface area (Å²) in [5.74, 6) is -1.60. The lowest BCUT2D eigenvalue weighted by Crippen LogP contribution is -2.09. The van der Waals surface area contributed by atoms with E-state index in [0.717, 1.165) is 31.4 Å². The molecule has 0 spiro atoms. The first kappa shape index (κ1) is 17.4. The summed E-state index contributed by atoms with van der Waals surface area (Å²) >= 11 is 0. The fraction of sp³-hybridized carbons (Fsp3) is 0.429. The highest BCUT2D eigenvalue weighted by Crippen LogP contribution is 2.05. The number of carboxylic acids is 1. The van der Waals surface area contributed by atoms with E-state index >= 15 is 0 Å². The van der Waals surface area contributed by atoms with Gasteiger partial charge in [-0.1, -0.05) is 37.0 Å². The SMILES string of the molecule is CCCc1cc(C(=O)O)on1.CCCc1cc(C(N)=O)on1. The molecule has 0 unspecified atom stereocenters. The largest absolute Gasteiger partial charge is 0.475 e. The quantitative estimate of drug-likeness (QED) is 0.834. The Bertz CT molecular complexity index is 563. The number of carboxylic acid groups (broad SMARTS) is 1. The van der Waals surface area contributed by atoms with Crippen LogP contribution in [0.1, 0.15) is 59.2 Å². The van der Waals surface area contributed by atoms with E-state index in [2.05, 4.69) is 19.4 Å². The van der Waals surface area contributed by atoms with Crippen molar-refractivity contribution in [2.75, 3.05) is 0 Å². The van der Waals surface area contributed by atoms with Crippen LogP contribution in [-0.2, 0) is 12.8 Å². The molecule has 0 aliphatic rings. The smallest absolute Gasteiger partial charge is 0.374 e. The van der Waals surface area contributed by atoms with E-state index in [-0.39, 0.29) is 11.5 Å². The highest BCUT2D eigenvalue weighted by atomic mass is 16.5. The number of nitrogens with zero attached hydrogens (tertiary/aromatic N) is 2. The molecule has 0 aliphatic carbocycles. The van der Waals surface area contributed by atoms with Crippen LogP contribution in [0.25, 0.3) is 0 Å². The van der Waals surface area contributed by atoms with Gasteiger partial charge in [0.1, 0.15) is 0 Å². The molecule has 0 bridgehead atoms. The van der Waals surface area contributed by atoms with Gasteiger partial charge in [0.05, 0.1) is 11.4 Å². The lowest BCUT2D eigenvalue weighted by Gasteiger charge is -1.83. The highest BCUT2D eigenvalue weighted by Gasteiger charge is 2.09. The van der Waals surface area contributed by atoms with Crippen molar-refractivity contribution < 1.29 is 23.7 Å². The lowest BCUT2D eigenvalue weighted by atomic mass is 10.2. The van der Waals surface area contributed by atoms with Gasteiger partial charge < -0.3 is 19.9 Å². The first-order chi connectivity index (χ1) is 10.5. The number of rotatable bonds is 6. The lowest BCUT2D eigenvalue weighted by molar-refractivity contribution is 0.0651. The molecule has 2 heterocycles. The fourth-order valence-corrected chi connectivity index (χ4v) is 1.59. The summed E-state index contributed by atoms with van der Waals surface area (Å²) in [6, 6.07) is 3.03. The van der Waals surface area contributed by atoms with Crippen LogP contribution in [0.2, 0.25) is 0 Å². The third kappa shape index (κ3) is 5.39. The second kappa shape index (κ2) is 8.60. The molecule has 2 aromatic heterocycles. The van der Waals surface area contributed by atoms with E-state index in [1.54, 1.807) is 6.07 Å². The van der Waals surface area contributed by atoms with Crippen molar-refractivity contribution in [2.45, 2.75) is 39.5 Å². The van der Waals surface area contributed by atoms with Crippen molar-refractivity contribution in [1.82, 2.24) is 10.3 Å². The van der Waals surface area contributed by atoms with E-state index < -0.39 is 11.9 Å². The number of aromatic carboxylic acids is 1. The molecule has 0 saturated carbocycles. The van der Waals surface area contributed by atoms with Crippen LogP contribution >= 0.6 is 0 Å². The molecule has 8 heteroatoms. The molecular formula is C14H19N3O5. The summed E-state index contributed by atoms with van der Waals surface area (Å²) in [5.41, 5.74) is 6.43. The number of carbonyl (C=O) groups excluding carboxylic acids is 1. The van der Waals surface area contributed by atoms with Gasteiger partial charge in [-0.3, -0.25) is 4.79 Å². The maximum Gasteiger partial charge on any atom is 0.374 e. The molecule has 3 N–H and O–H groups in total. The van der Waals surface area contributed by atoms with E-state index in [1.807, 2.05) is 13.8 Å². The predicted molar refractivity (Wildman–Crippen MR) is 76.5 cm³/mol. The summed E-state index contributed by atoms with van der Waals surface area (Å²) in [4.78, 5) is 20.8. The van der Waals surface area contributed by atoms with Gasteiger partial charge in [-0.15, -0.1) is 0 Å². The number of hydrogen-bond donors (Lipinski definition) is 2. The van der Waals surface area contributed by atoms with E-state index in [4.69, 9.17) is 10.8 Å². The van der Waals surface area contributed by atoms with Crippen LogP contribution in [0.15, 0.2) is 21.2 Å². The van der Waals surface area contributed by atoms with Crippen molar-refractivity contribution in [2.24, 2.45) is 5.73 Å². The molecule has 0 aromatic carbocycles. The Hall–Kier alpha value is -2.64. The molecule has 0 saturated heterocycles. The number of carbonyl (C=O) groups is 2. The number of aromatic nitrogens is 2. The van der Waals surface area contributed by atoms with E-state index in [1.165, 1.54) is 6.07 Å². The van der Waals surface area contributed by atoms with Gasteiger partial charge in [0.15, 0.2) is 0 Å². The van der Waals surface area contributed by atoms with Crippen LogP contribution in [0.5, 0.6) is 0 Å². The second-order valence-electron chi connectivity index (χ2n) is 4.53. The standard InChI is InChI=1S/C7H10N2O2.C7H9NO3/c1-2-3-5-4-6(7(8)10)11-9-5;1-2-3-5-4-6(7(9)10)11-8-5/h4H,2-3H2,1H3,(H2,8,10);4H,2-3H2,1H3,(H,9,10). The second-order valence-corrected chi connectivity index (χ2v) is 4.53. The number of aryl methyl sites for hydroxylation is 2. The Morgan fingerprint density at radius 2 is 1.50 bits per heavy atom. The Morgan fingerprint density at radius 3 is 1.82 bits per heavy atom. The fourth-order valence-electron chi connectivity index (χ4n) is 1.59. The third-order valence-electron chi connectivity index (χ3n) is 2.58. The van der Waals surface area contributed by atoms with Crippen molar-refractivity contribution in [3.63, 3.8) is 0 Å². The average molecular weight is 309 g/mol. The van der Waals surface area contributed by atoms with Crippen molar-refractivity contribution in [1.29, 1.82) is 0 Å². The number of nitrogens with two attached hydrogens (primary N) is 1. The minimum atomic E-state index is -1.07. The zero-order valence-electron chi connectivity index (χ0n) is 12.5. The molecule has 0 fully saturated rings. The summed E-state index contributed by atoms with van der Waals surface area (Å²) in [6.07, 6.45) is 3.49. The summed E-state index contributed by atoms with van der Waals surface area (Å²) in [7, 11) is 0. The zero-order valence-corrected chi connectivity index (χ0v) is 12.5. The van der Waals surface area contributed by atoms with Gasteiger partial charge in [0.2, 0.25) is 11.5 Å². The summed E-state index contributed by atoms with van der Waals surface area (Å²) in [5, 5.41) is 15.7. The number of amides is 1. The Labute approximate surface area is 127 Å². The van der Waals surface area contributed by atoms with Crippen molar-refractivity contribution >= 4 is 11.9 Å². The Balaban J connectivity index is 0.000000220. The van der Waals surface area contributed by atoms with Crippen LogP contribution in [-0.4, -0.2) is 27.3 Å². The predicted octanol–water partition coefficient (Wildman–Crippen LogP) is 2.05. The monoisotopic (exact) mass is 309 g/mol. The first-order valence-corrected chi connectivity index (χ1v) is 6.92. The maximum absolute atomic E-state index is 10.5. The van der Waals surface area contributed by atoms with Crippen molar-refractivity contribution in [3.05, 3.63) is 35.0 Å². The maximum atomic E-state index is 10.5. The molecule has 120 valence electrons. The zero-order chi connectivity index (χ0) is 16.5. The number of primary amides is 1. The van der Waals surface area contributed by atoms with E-state index in [0.29, 0.717) is 5.69 Å². The first-order valence-electron chi connectivity index (χ1n) is 6.92. The molecule has 1 amide bonds. The third-order valence-corrected chi connectivity index (χ3v) is 2.58. The average Bonchev–Trinajstić information content (AvgIpc) is 3.09. The minimum Gasteiger partial charge on any atom is -0.475 e. The molecule has 2 aromatic rings. The molecule has 0 atom stereocenters. The molecule has 0 radical (unpaired) electrons. The van der Waals surface area contributed by atoms with Crippen LogP contribution in [0.3, 0.4) is 0 Å². The molecule has 22 heavy (non-hydrogen) atoms. The normalized spacial score (nSPS) is 9.91. The van der Waals surface area contributed by atoms with Crippen molar-refractivity contribution in [3.8, 4) is 0 Å². The van der Waals surface area contributed by atoms with Gasteiger partial charge in [0.25, 0.3) is 5.91 Å². The van der Waals surface area contributed by atoms with Gasteiger partial charge in [-0.2, -0.15) is 0 Å². The highest BCUT2D eigenvalue weighted by molar-refractivity contribution is 5.89. The summed E-state index contributed by atoms with van der Waals surface area (Å²) in [6.45, 7) is 4.02. The van der Waals surface area contributed by atoms with Crippen LogP contribution in [0, 0.1) is 0 Å². The summed E-state index contributed by atoms with van der Waals surface area (Å²) < 4.78 is 9.18. The van der Waals surface area contributed by atoms with E-state index in [9.17, 15) is 9.59 Å². The molecule has 0 aliphatic heterocycles. The van der Waals surface area contributed by atoms with Gasteiger partial charge in [-0.25, -0.2) is 4.79 Å². The topological polar surface area (TPSA) is 132 Å².